The van der Waals surface area contributed by atoms with Crippen molar-refractivity contribution >= 4 is 11.8 Å². The number of piperazine rings is 1. The summed E-state index contributed by atoms with van der Waals surface area (Å²) in [4.78, 5) is 30.9. The van der Waals surface area contributed by atoms with Crippen molar-refractivity contribution in [2.75, 3.05) is 13.7 Å². The minimum absolute atomic E-state index is 0.0138. The van der Waals surface area contributed by atoms with Crippen LogP contribution in [0.4, 0.5) is 0 Å². The number of rotatable bonds is 7. The van der Waals surface area contributed by atoms with Crippen molar-refractivity contribution in [1.29, 1.82) is 0 Å². The van der Waals surface area contributed by atoms with Gasteiger partial charge in [0, 0.05) is 19.7 Å². The predicted octanol–water partition coefficient (Wildman–Crippen LogP) is 3.39. The maximum atomic E-state index is 13.7. The van der Waals surface area contributed by atoms with E-state index >= 15 is 0 Å². The average Bonchev–Trinajstić information content (AvgIpc) is 2.79. The van der Waals surface area contributed by atoms with Crippen molar-refractivity contribution in [2.45, 2.75) is 57.5 Å². The van der Waals surface area contributed by atoms with Crippen LogP contribution < -0.4 is 4.74 Å². The van der Waals surface area contributed by atoms with Gasteiger partial charge in [0.05, 0.1) is 13.2 Å². The second-order valence-electron chi connectivity index (χ2n) is 8.15. The number of hydrogen-bond acceptors (Lipinski definition) is 4. The smallest absolute Gasteiger partial charge is 0.249 e. The van der Waals surface area contributed by atoms with Gasteiger partial charge in [-0.1, -0.05) is 42.5 Å². The average molecular weight is 423 g/mol. The van der Waals surface area contributed by atoms with Gasteiger partial charge in [-0.05, 0) is 49.4 Å². The molecule has 3 saturated heterocycles. The Balaban J connectivity index is 1.65. The topological polar surface area (TPSA) is 59.1 Å². The van der Waals surface area contributed by atoms with Gasteiger partial charge < -0.3 is 19.3 Å². The fourth-order valence-corrected chi connectivity index (χ4v) is 4.69. The number of ether oxygens (including phenoxy) is 2. The highest BCUT2D eigenvalue weighted by Gasteiger charge is 2.50. The molecule has 0 saturated carbocycles. The maximum Gasteiger partial charge on any atom is 0.249 e. The Morgan fingerprint density at radius 1 is 0.871 bits per heavy atom. The molecule has 3 atom stereocenters. The zero-order chi connectivity index (χ0) is 21.8. The molecule has 0 aromatic heterocycles. The first-order valence-corrected chi connectivity index (χ1v) is 11.0. The summed E-state index contributed by atoms with van der Waals surface area (Å²) in [5, 5.41) is 0. The second kappa shape index (κ2) is 9.52. The summed E-state index contributed by atoms with van der Waals surface area (Å²) in [5.74, 6) is 0.766. The Hall–Kier alpha value is -2.86. The van der Waals surface area contributed by atoms with Crippen LogP contribution in [0.3, 0.4) is 0 Å². The molecule has 0 unspecified atom stereocenters. The van der Waals surface area contributed by atoms with E-state index < -0.39 is 12.1 Å². The van der Waals surface area contributed by atoms with Crippen LogP contribution in [-0.4, -0.2) is 53.5 Å². The number of benzene rings is 2. The standard InChI is InChI=1S/C25H30N2O4/c1-3-31-22-11-7-10-21-24(28)27(17-19-12-14-20(30-2)15-13-19)23(22)25(29)26(21)16-18-8-5-4-6-9-18/h4-6,8-9,12-15,21-23H,3,7,10-11,16-17H2,1-2H3/t21-,22+,23-/m0/s1. The van der Waals surface area contributed by atoms with Gasteiger partial charge in [0.1, 0.15) is 17.8 Å². The van der Waals surface area contributed by atoms with Crippen molar-refractivity contribution in [3.63, 3.8) is 0 Å². The van der Waals surface area contributed by atoms with Crippen LogP contribution in [0.1, 0.15) is 37.3 Å². The van der Waals surface area contributed by atoms with Crippen LogP contribution in [-0.2, 0) is 27.4 Å². The molecule has 2 aromatic carbocycles. The normalized spacial score (nSPS) is 23.6. The Kier molecular flexibility index (Phi) is 6.56. The van der Waals surface area contributed by atoms with Gasteiger partial charge in [-0.25, -0.2) is 0 Å². The Bertz CT molecular complexity index is 899. The third-order valence-corrected chi connectivity index (χ3v) is 6.22. The lowest BCUT2D eigenvalue weighted by Crippen LogP contribution is -2.68. The van der Waals surface area contributed by atoms with Crippen LogP contribution in [0.25, 0.3) is 0 Å². The molecule has 2 bridgehead atoms. The third-order valence-electron chi connectivity index (χ3n) is 6.22. The summed E-state index contributed by atoms with van der Waals surface area (Å²) in [6.45, 7) is 3.29. The highest BCUT2D eigenvalue weighted by Crippen LogP contribution is 2.33. The van der Waals surface area contributed by atoms with Crippen LogP contribution in [0.5, 0.6) is 5.75 Å². The van der Waals surface area contributed by atoms with Crippen LogP contribution in [0.15, 0.2) is 54.6 Å². The summed E-state index contributed by atoms with van der Waals surface area (Å²) in [6.07, 6.45) is 2.02. The van der Waals surface area contributed by atoms with Gasteiger partial charge in [-0.15, -0.1) is 0 Å². The lowest BCUT2D eigenvalue weighted by atomic mass is 9.89. The van der Waals surface area contributed by atoms with Gasteiger partial charge in [0.2, 0.25) is 11.8 Å². The first kappa shape index (κ1) is 21.4. The van der Waals surface area contributed by atoms with E-state index in [9.17, 15) is 9.59 Å². The molecule has 2 amide bonds. The van der Waals surface area contributed by atoms with Crippen molar-refractivity contribution in [1.82, 2.24) is 9.80 Å². The molecule has 31 heavy (non-hydrogen) atoms. The minimum atomic E-state index is -0.602. The molecule has 3 aliphatic rings. The lowest BCUT2D eigenvalue weighted by Gasteiger charge is -2.49. The number of carbonyl (C=O) groups excluding carboxylic acids is 2. The summed E-state index contributed by atoms with van der Waals surface area (Å²) < 4.78 is 11.2. The molecule has 6 nitrogen and oxygen atoms in total. The van der Waals surface area contributed by atoms with E-state index in [2.05, 4.69) is 0 Å². The van der Waals surface area contributed by atoms with Gasteiger partial charge in [0.25, 0.3) is 0 Å². The van der Waals surface area contributed by atoms with E-state index in [0.29, 0.717) is 26.1 Å². The Labute approximate surface area is 183 Å². The fraction of sp³-hybridized carbons (Fsp3) is 0.440. The van der Waals surface area contributed by atoms with Gasteiger partial charge in [0.15, 0.2) is 0 Å². The maximum absolute atomic E-state index is 13.7. The molecule has 0 aliphatic carbocycles. The number of fused-ring (bicyclic) bond motifs is 5. The van der Waals surface area contributed by atoms with Gasteiger partial charge in [-0.2, -0.15) is 0 Å². The van der Waals surface area contributed by atoms with Crippen LogP contribution >= 0.6 is 0 Å². The first-order valence-electron chi connectivity index (χ1n) is 11.0. The molecule has 3 aliphatic heterocycles. The molecule has 0 spiro atoms. The van der Waals surface area contributed by atoms with Crippen molar-refractivity contribution in [2.24, 2.45) is 0 Å². The Morgan fingerprint density at radius 3 is 2.23 bits per heavy atom. The van der Waals surface area contributed by atoms with E-state index in [-0.39, 0.29) is 17.9 Å². The zero-order valence-corrected chi connectivity index (χ0v) is 18.2. The molecule has 0 radical (unpaired) electrons. The summed E-state index contributed by atoms with van der Waals surface area (Å²) in [6, 6.07) is 16.5. The largest absolute Gasteiger partial charge is 0.497 e. The quantitative estimate of drug-likeness (QED) is 0.686. The van der Waals surface area contributed by atoms with E-state index in [1.54, 1.807) is 16.9 Å². The molecule has 0 N–H and O–H groups in total. The van der Waals surface area contributed by atoms with Gasteiger partial charge in [-0.3, -0.25) is 9.59 Å². The summed E-state index contributed by atoms with van der Waals surface area (Å²) in [7, 11) is 1.63. The minimum Gasteiger partial charge on any atom is -0.497 e. The van der Waals surface area contributed by atoms with Crippen molar-refractivity contribution in [3.05, 3.63) is 65.7 Å². The summed E-state index contributed by atoms with van der Waals surface area (Å²) in [5.41, 5.74) is 2.00. The monoisotopic (exact) mass is 422 g/mol. The number of amides is 2. The molecule has 164 valence electrons. The number of carbonyl (C=O) groups is 2. The van der Waals surface area contributed by atoms with E-state index in [4.69, 9.17) is 9.47 Å². The number of nitrogens with zero attached hydrogens (tertiary/aromatic N) is 2. The van der Waals surface area contributed by atoms with E-state index in [0.717, 1.165) is 29.7 Å². The van der Waals surface area contributed by atoms with Gasteiger partial charge >= 0.3 is 0 Å². The molecule has 5 rings (SSSR count). The molecule has 2 aromatic rings. The van der Waals surface area contributed by atoms with Crippen LogP contribution in [0, 0.1) is 0 Å². The molecule has 6 heteroatoms. The molecular formula is C25H30N2O4. The molecule has 3 fully saturated rings. The van der Waals surface area contributed by atoms with Crippen molar-refractivity contribution < 1.29 is 19.1 Å². The predicted molar refractivity (Wildman–Crippen MR) is 117 cm³/mol. The van der Waals surface area contributed by atoms with Crippen molar-refractivity contribution in [3.8, 4) is 5.75 Å². The summed E-state index contributed by atoms with van der Waals surface area (Å²) >= 11 is 0. The Morgan fingerprint density at radius 2 is 1.55 bits per heavy atom. The molecular weight excluding hydrogens is 392 g/mol. The highest BCUT2D eigenvalue weighted by molar-refractivity contribution is 5.97. The fourth-order valence-electron chi connectivity index (χ4n) is 4.69. The van der Waals surface area contributed by atoms with E-state index in [1.165, 1.54) is 0 Å². The zero-order valence-electron chi connectivity index (χ0n) is 18.2. The number of methoxy groups -OCH3 is 1. The number of hydrogen-bond donors (Lipinski definition) is 0. The third kappa shape index (κ3) is 4.44. The second-order valence-corrected chi connectivity index (χ2v) is 8.15. The molecule has 3 heterocycles. The van der Waals surface area contributed by atoms with Crippen LogP contribution in [0.2, 0.25) is 0 Å². The highest BCUT2D eigenvalue weighted by atomic mass is 16.5. The van der Waals surface area contributed by atoms with E-state index in [1.807, 2.05) is 61.5 Å². The first-order chi connectivity index (χ1) is 15.1. The lowest BCUT2D eigenvalue weighted by molar-refractivity contribution is -0.173. The SMILES string of the molecule is CCO[C@@H]1CCC[C@H]2C(=O)N(Cc3ccc(OC)cc3)[C@@H]1C(=O)N2Cc1ccccc1.